The molecule has 0 aliphatic carbocycles. The molecule has 110 valence electrons. The van der Waals surface area contributed by atoms with Crippen molar-refractivity contribution in [1.82, 2.24) is 14.1 Å². The Hall–Kier alpha value is -2.46. The average Bonchev–Trinajstić information content (AvgIpc) is 3.04. The van der Waals surface area contributed by atoms with Crippen molar-refractivity contribution in [3.05, 3.63) is 30.0 Å². The molecule has 2 aromatic rings. The predicted octanol–water partition coefficient (Wildman–Crippen LogP) is 0.560. The maximum Gasteiger partial charge on any atom is 0.133 e. The summed E-state index contributed by atoms with van der Waals surface area (Å²) in [5.41, 5.74) is 7.31. The largest absolute Gasteiger partial charge is 0.396 e. The Morgan fingerprint density at radius 2 is 2.19 bits per heavy atom. The first-order valence-electron chi connectivity index (χ1n) is 6.88. The highest BCUT2D eigenvalue weighted by Crippen LogP contribution is 2.29. The van der Waals surface area contributed by atoms with E-state index in [9.17, 15) is 5.26 Å². The fourth-order valence-corrected chi connectivity index (χ4v) is 2.63. The van der Waals surface area contributed by atoms with E-state index >= 15 is 0 Å². The van der Waals surface area contributed by atoms with Crippen molar-refractivity contribution in [2.75, 3.05) is 36.9 Å². The van der Waals surface area contributed by atoms with Crippen molar-refractivity contribution in [3.63, 3.8) is 0 Å². The summed E-state index contributed by atoms with van der Waals surface area (Å²) in [6.45, 7) is 3.43. The Morgan fingerprint density at radius 3 is 2.81 bits per heavy atom. The van der Waals surface area contributed by atoms with Crippen LogP contribution in [-0.2, 0) is 18.3 Å². The van der Waals surface area contributed by atoms with Gasteiger partial charge in [0.15, 0.2) is 0 Å². The number of nitrogens with zero attached hydrogens (tertiary/aromatic N) is 5. The molecule has 0 saturated carbocycles. The molecule has 1 aliphatic rings. The molecule has 1 aliphatic heterocycles. The predicted molar refractivity (Wildman–Crippen MR) is 78.9 cm³/mol. The Bertz CT molecular complexity index is 674. The second-order valence-corrected chi connectivity index (χ2v) is 5.06. The van der Waals surface area contributed by atoms with Gasteiger partial charge in [-0.05, 0) is 6.07 Å². The van der Waals surface area contributed by atoms with Crippen molar-refractivity contribution in [2.45, 2.75) is 6.54 Å². The first-order valence-corrected chi connectivity index (χ1v) is 6.88. The number of morpholine rings is 1. The molecule has 2 aromatic heterocycles. The van der Waals surface area contributed by atoms with Gasteiger partial charge in [0, 0.05) is 32.5 Å². The lowest BCUT2D eigenvalue weighted by molar-refractivity contribution is 0.122. The van der Waals surface area contributed by atoms with Crippen molar-refractivity contribution in [2.24, 2.45) is 7.05 Å². The van der Waals surface area contributed by atoms with Crippen LogP contribution in [0.4, 0.5) is 11.5 Å². The molecular weight excluding hydrogens is 268 g/mol. The van der Waals surface area contributed by atoms with E-state index in [-0.39, 0.29) is 0 Å². The van der Waals surface area contributed by atoms with Gasteiger partial charge in [-0.2, -0.15) is 5.26 Å². The van der Waals surface area contributed by atoms with Gasteiger partial charge in [0.1, 0.15) is 23.4 Å². The molecule has 0 unspecified atom stereocenters. The lowest BCUT2D eigenvalue weighted by Crippen LogP contribution is -2.38. The van der Waals surface area contributed by atoms with Crippen LogP contribution >= 0.6 is 0 Å². The number of hydrogen-bond donors (Lipinski definition) is 1. The number of rotatable bonds is 3. The summed E-state index contributed by atoms with van der Waals surface area (Å²) in [5, 5.41) is 9.36. The Balaban J connectivity index is 2.00. The number of nitrogens with two attached hydrogens (primary N) is 1. The molecule has 0 bridgehead atoms. The van der Waals surface area contributed by atoms with Crippen LogP contribution in [0.3, 0.4) is 0 Å². The monoisotopic (exact) mass is 286 g/mol. The minimum atomic E-state index is 0.524. The summed E-state index contributed by atoms with van der Waals surface area (Å²) >= 11 is 0. The number of ether oxygens (including phenoxy) is 1. The topological polar surface area (TPSA) is 85.0 Å². The normalized spacial score (nSPS) is 15.1. The SMILES string of the molecule is Cn1ccnc1Cn1c(C#N)cc(N)c1N1CCOCC1. The zero-order valence-corrected chi connectivity index (χ0v) is 12.0. The van der Waals surface area contributed by atoms with E-state index in [4.69, 9.17) is 10.5 Å². The summed E-state index contributed by atoms with van der Waals surface area (Å²) in [5.74, 6) is 1.77. The van der Waals surface area contributed by atoms with E-state index in [2.05, 4.69) is 16.0 Å². The highest BCUT2D eigenvalue weighted by Gasteiger charge is 2.22. The Kier molecular flexibility index (Phi) is 3.54. The molecule has 1 saturated heterocycles. The van der Waals surface area contributed by atoms with E-state index in [1.807, 2.05) is 22.4 Å². The van der Waals surface area contributed by atoms with E-state index < -0.39 is 0 Å². The number of anilines is 2. The van der Waals surface area contributed by atoms with E-state index in [0.29, 0.717) is 31.1 Å². The quantitative estimate of drug-likeness (QED) is 0.891. The molecule has 7 nitrogen and oxygen atoms in total. The van der Waals surface area contributed by atoms with Gasteiger partial charge in [-0.15, -0.1) is 0 Å². The number of imidazole rings is 1. The highest BCUT2D eigenvalue weighted by atomic mass is 16.5. The van der Waals surface area contributed by atoms with Gasteiger partial charge in [0.05, 0.1) is 25.4 Å². The average molecular weight is 286 g/mol. The second-order valence-electron chi connectivity index (χ2n) is 5.06. The molecule has 0 radical (unpaired) electrons. The standard InChI is InChI=1S/C14H18N6O/c1-18-3-2-17-13(18)10-20-11(9-15)8-12(16)14(20)19-4-6-21-7-5-19/h2-3,8H,4-7,10,16H2,1H3. The van der Waals surface area contributed by atoms with Crippen LogP contribution in [0.25, 0.3) is 0 Å². The van der Waals surface area contributed by atoms with E-state index in [1.165, 1.54) is 0 Å². The molecule has 1 fully saturated rings. The summed E-state index contributed by atoms with van der Waals surface area (Å²) in [7, 11) is 1.94. The third-order valence-electron chi connectivity index (χ3n) is 3.74. The number of nitriles is 1. The molecule has 7 heteroatoms. The summed E-state index contributed by atoms with van der Waals surface area (Å²) < 4.78 is 9.26. The third-order valence-corrected chi connectivity index (χ3v) is 3.74. The van der Waals surface area contributed by atoms with Crippen LogP contribution in [0, 0.1) is 11.3 Å². The van der Waals surface area contributed by atoms with Gasteiger partial charge in [0.25, 0.3) is 0 Å². The van der Waals surface area contributed by atoms with Gasteiger partial charge < -0.3 is 24.5 Å². The summed E-state index contributed by atoms with van der Waals surface area (Å²) in [6, 6.07) is 3.95. The first-order chi connectivity index (χ1) is 10.2. The first kappa shape index (κ1) is 13.5. The van der Waals surface area contributed by atoms with Crippen molar-refractivity contribution >= 4 is 11.5 Å². The molecular formula is C14H18N6O. The Morgan fingerprint density at radius 1 is 1.43 bits per heavy atom. The number of aromatic nitrogens is 3. The summed E-state index contributed by atoms with van der Waals surface area (Å²) in [6.07, 6.45) is 3.64. The zero-order chi connectivity index (χ0) is 14.8. The van der Waals surface area contributed by atoms with Gasteiger partial charge in [-0.3, -0.25) is 0 Å². The van der Waals surface area contributed by atoms with E-state index in [0.717, 1.165) is 24.7 Å². The molecule has 21 heavy (non-hydrogen) atoms. The molecule has 3 heterocycles. The fourth-order valence-electron chi connectivity index (χ4n) is 2.63. The van der Waals surface area contributed by atoms with Crippen molar-refractivity contribution < 1.29 is 4.74 Å². The number of nitrogen functional groups attached to an aromatic ring is 1. The third kappa shape index (κ3) is 2.45. The van der Waals surface area contributed by atoms with Crippen LogP contribution in [0.2, 0.25) is 0 Å². The zero-order valence-electron chi connectivity index (χ0n) is 12.0. The molecule has 3 rings (SSSR count). The minimum Gasteiger partial charge on any atom is -0.396 e. The maximum absolute atomic E-state index is 9.36. The van der Waals surface area contributed by atoms with E-state index in [1.54, 1.807) is 12.3 Å². The number of hydrogen-bond acceptors (Lipinski definition) is 5. The van der Waals surface area contributed by atoms with Gasteiger partial charge in [-0.1, -0.05) is 0 Å². The molecule has 2 N–H and O–H groups in total. The van der Waals surface area contributed by atoms with Crippen LogP contribution in [-0.4, -0.2) is 40.4 Å². The van der Waals surface area contributed by atoms with Crippen LogP contribution < -0.4 is 10.6 Å². The smallest absolute Gasteiger partial charge is 0.133 e. The highest BCUT2D eigenvalue weighted by molar-refractivity contribution is 5.68. The van der Waals surface area contributed by atoms with Crippen LogP contribution in [0.1, 0.15) is 11.5 Å². The molecule has 0 spiro atoms. The van der Waals surface area contributed by atoms with Crippen molar-refractivity contribution in [3.8, 4) is 6.07 Å². The van der Waals surface area contributed by atoms with Crippen LogP contribution in [0.5, 0.6) is 0 Å². The second kappa shape index (κ2) is 5.50. The Labute approximate surface area is 123 Å². The van der Waals surface area contributed by atoms with Crippen molar-refractivity contribution in [1.29, 1.82) is 5.26 Å². The van der Waals surface area contributed by atoms with Gasteiger partial charge in [-0.25, -0.2) is 4.98 Å². The van der Waals surface area contributed by atoms with Gasteiger partial charge >= 0.3 is 0 Å². The summed E-state index contributed by atoms with van der Waals surface area (Å²) in [4.78, 5) is 6.50. The minimum absolute atomic E-state index is 0.524. The lowest BCUT2D eigenvalue weighted by atomic mass is 10.3. The molecule has 0 amide bonds. The molecule has 0 atom stereocenters. The fraction of sp³-hybridized carbons (Fsp3) is 0.429. The van der Waals surface area contributed by atoms with Crippen LogP contribution in [0.15, 0.2) is 18.5 Å². The lowest BCUT2D eigenvalue weighted by Gasteiger charge is -2.30. The maximum atomic E-state index is 9.36. The van der Waals surface area contributed by atoms with Gasteiger partial charge in [0.2, 0.25) is 0 Å². The number of aryl methyl sites for hydroxylation is 1. The molecule has 0 aromatic carbocycles.